The second kappa shape index (κ2) is 17.1. The normalized spacial score (nSPS) is 11.7. The van der Waals surface area contributed by atoms with Crippen molar-refractivity contribution in [3.05, 3.63) is 192 Å². The summed E-state index contributed by atoms with van der Waals surface area (Å²) in [6.45, 7) is -0.127. The summed E-state index contributed by atoms with van der Waals surface area (Å²) >= 11 is 0. The number of hydrogen-bond donors (Lipinski definition) is 1. The van der Waals surface area contributed by atoms with E-state index in [9.17, 15) is 9.59 Å². The molecule has 0 bridgehead atoms. The quantitative estimate of drug-likeness (QED) is 0.0658. The van der Waals surface area contributed by atoms with Gasteiger partial charge in [-0.1, -0.05) is 132 Å². The van der Waals surface area contributed by atoms with Gasteiger partial charge >= 0.3 is 12.1 Å². The average Bonchev–Trinajstić information content (AvgIpc) is 3.66. The summed E-state index contributed by atoms with van der Waals surface area (Å²) in [4.78, 5) is 34.9. The highest BCUT2D eigenvalue weighted by atomic mass is 16.8. The molecule has 0 saturated carbocycles. The second-order valence-corrected chi connectivity index (χ2v) is 12.5. The van der Waals surface area contributed by atoms with Crippen LogP contribution in [0.3, 0.4) is 0 Å². The average molecular weight is 735 g/mol. The van der Waals surface area contributed by atoms with E-state index in [1.54, 1.807) is 43.5 Å². The number of methoxy groups -OCH3 is 1. The van der Waals surface area contributed by atoms with Crippen LogP contribution >= 0.6 is 0 Å². The number of ether oxygens (including phenoxy) is 4. The highest BCUT2D eigenvalue weighted by molar-refractivity contribution is 5.82. The highest BCUT2D eigenvalue weighted by Gasteiger charge is 2.41. The standard InChI is InChI=1S/C44H38N4O7/c1-51-37-25-23-33(24-26-37)30-52-42(49)40(29-32-21-27-38(28-22-32)53-31-54-48-41-20-12-11-19-39(41)46-47-48)45-43(50)55-44(34-13-5-2-6-14-34,35-15-7-3-8-16-35)36-17-9-4-10-18-36/h2-28,40H,29-31H2,1H3,(H,45,50)/t40-/m1/s1. The maximum absolute atomic E-state index is 14.2. The van der Waals surface area contributed by atoms with E-state index >= 15 is 0 Å². The van der Waals surface area contributed by atoms with Gasteiger partial charge in [-0.05, 0) is 52.7 Å². The molecule has 0 aliphatic heterocycles. The Hall–Kier alpha value is -7.14. The number of benzene rings is 6. The number of rotatable bonds is 15. The van der Waals surface area contributed by atoms with Crippen LogP contribution in [-0.4, -0.2) is 47.2 Å². The summed E-state index contributed by atoms with van der Waals surface area (Å²) < 4.78 is 23.3. The van der Waals surface area contributed by atoms with E-state index in [1.165, 1.54) is 4.85 Å². The summed E-state index contributed by atoms with van der Waals surface area (Å²) in [7, 11) is 1.58. The van der Waals surface area contributed by atoms with Gasteiger partial charge in [0.2, 0.25) is 0 Å². The number of nitrogens with zero attached hydrogens (tertiary/aromatic N) is 3. The van der Waals surface area contributed by atoms with Crippen molar-refractivity contribution in [3.63, 3.8) is 0 Å². The van der Waals surface area contributed by atoms with Crippen LogP contribution in [0.5, 0.6) is 11.5 Å². The van der Waals surface area contributed by atoms with Gasteiger partial charge in [0, 0.05) is 23.1 Å². The van der Waals surface area contributed by atoms with Gasteiger partial charge in [0.1, 0.15) is 35.2 Å². The lowest BCUT2D eigenvalue weighted by atomic mass is 9.80. The molecule has 276 valence electrons. The number of alkyl carbamates (subject to hydrolysis) is 1. The van der Waals surface area contributed by atoms with Crippen molar-refractivity contribution in [3.8, 4) is 11.5 Å². The van der Waals surface area contributed by atoms with E-state index in [0.717, 1.165) is 27.8 Å². The van der Waals surface area contributed by atoms with Crippen molar-refractivity contribution < 1.29 is 33.4 Å². The van der Waals surface area contributed by atoms with Crippen molar-refractivity contribution in [2.45, 2.75) is 24.7 Å². The molecule has 0 saturated heterocycles. The van der Waals surface area contributed by atoms with Gasteiger partial charge in [0.25, 0.3) is 6.79 Å². The topological polar surface area (TPSA) is 123 Å². The maximum atomic E-state index is 14.2. The Morgan fingerprint density at radius 2 is 1.22 bits per heavy atom. The number of amides is 1. The molecule has 1 heterocycles. The smallest absolute Gasteiger partial charge is 0.409 e. The van der Waals surface area contributed by atoms with E-state index in [2.05, 4.69) is 15.6 Å². The molecule has 7 rings (SSSR count). The van der Waals surface area contributed by atoms with Crippen molar-refractivity contribution in [2.24, 2.45) is 0 Å². The molecule has 0 aliphatic carbocycles. The van der Waals surface area contributed by atoms with Gasteiger partial charge in [-0.15, -0.1) is 5.10 Å². The molecule has 1 N–H and O–H groups in total. The molecule has 6 aromatic carbocycles. The zero-order valence-corrected chi connectivity index (χ0v) is 30.0. The number of aromatic nitrogens is 3. The predicted molar refractivity (Wildman–Crippen MR) is 205 cm³/mol. The van der Waals surface area contributed by atoms with Crippen LogP contribution in [0, 0.1) is 0 Å². The lowest BCUT2D eigenvalue weighted by molar-refractivity contribution is -0.147. The van der Waals surface area contributed by atoms with Crippen LogP contribution in [-0.2, 0) is 32.9 Å². The summed E-state index contributed by atoms with van der Waals surface area (Å²) in [6.07, 6.45) is -0.700. The summed E-state index contributed by atoms with van der Waals surface area (Å²) in [5.74, 6) is 0.575. The predicted octanol–water partition coefficient (Wildman–Crippen LogP) is 7.28. The molecule has 0 fully saturated rings. The first-order chi connectivity index (χ1) is 27.0. The largest absolute Gasteiger partial charge is 0.497 e. The number of para-hydroxylation sites is 1. The van der Waals surface area contributed by atoms with Gasteiger partial charge in [-0.2, -0.15) is 0 Å². The summed E-state index contributed by atoms with van der Waals surface area (Å²) in [5, 5.41) is 10.9. The second-order valence-electron chi connectivity index (χ2n) is 12.5. The minimum Gasteiger partial charge on any atom is -0.497 e. The van der Waals surface area contributed by atoms with E-state index < -0.39 is 23.7 Å². The van der Waals surface area contributed by atoms with Crippen LogP contribution in [0.1, 0.15) is 27.8 Å². The van der Waals surface area contributed by atoms with Crippen LogP contribution in [0.2, 0.25) is 0 Å². The minimum atomic E-state index is -1.34. The van der Waals surface area contributed by atoms with Crippen LogP contribution in [0.4, 0.5) is 4.79 Å². The molecule has 11 nitrogen and oxygen atoms in total. The maximum Gasteiger partial charge on any atom is 0.409 e. The third-order valence-corrected chi connectivity index (χ3v) is 8.99. The number of carbonyl (C=O) groups is 2. The zero-order valence-electron chi connectivity index (χ0n) is 30.0. The van der Waals surface area contributed by atoms with Crippen LogP contribution in [0.25, 0.3) is 11.0 Å². The summed E-state index contributed by atoms with van der Waals surface area (Å²) in [6, 6.07) is 49.2. The first-order valence-electron chi connectivity index (χ1n) is 17.6. The molecule has 1 aromatic heterocycles. The molecule has 0 aliphatic rings. The molecule has 1 amide bonds. The minimum absolute atomic E-state index is 0.00806. The Labute approximate surface area is 318 Å². The van der Waals surface area contributed by atoms with Gasteiger partial charge in [-0.3, -0.25) is 0 Å². The molecule has 55 heavy (non-hydrogen) atoms. The number of carbonyl (C=O) groups excluding carboxylic acids is 2. The first kappa shape index (κ1) is 36.2. The number of esters is 1. The van der Waals surface area contributed by atoms with Gasteiger partial charge < -0.3 is 29.1 Å². The van der Waals surface area contributed by atoms with Gasteiger partial charge in [0.05, 0.1) is 7.11 Å². The molecule has 7 aromatic rings. The SMILES string of the molecule is COc1ccc(COC(=O)[C@@H](Cc2ccc(OCOn3nnc4ccccc43)cc2)NC(=O)OC(c2ccccc2)(c2ccccc2)c2ccccc2)cc1. The van der Waals surface area contributed by atoms with E-state index in [4.69, 9.17) is 23.8 Å². The lowest BCUT2D eigenvalue weighted by Crippen LogP contribution is -2.47. The third kappa shape index (κ3) is 8.58. The molecule has 0 spiro atoms. The van der Waals surface area contributed by atoms with Crippen molar-refractivity contribution in [2.75, 3.05) is 13.9 Å². The van der Waals surface area contributed by atoms with E-state index in [-0.39, 0.29) is 19.8 Å². The molecular weight excluding hydrogens is 697 g/mol. The van der Waals surface area contributed by atoms with Gasteiger partial charge in [0.15, 0.2) is 5.60 Å². The monoisotopic (exact) mass is 734 g/mol. The number of nitrogens with one attached hydrogen (secondary N) is 1. The fourth-order valence-corrected chi connectivity index (χ4v) is 6.22. The third-order valence-electron chi connectivity index (χ3n) is 8.99. The molecule has 1 atom stereocenters. The van der Waals surface area contributed by atoms with Crippen LogP contribution < -0.4 is 19.6 Å². The highest BCUT2D eigenvalue weighted by Crippen LogP contribution is 2.40. The van der Waals surface area contributed by atoms with Crippen LogP contribution in [0.15, 0.2) is 164 Å². The molecule has 11 heteroatoms. The Morgan fingerprint density at radius 3 is 1.82 bits per heavy atom. The summed E-state index contributed by atoms with van der Waals surface area (Å²) in [5.41, 5.74) is 3.77. The fourth-order valence-electron chi connectivity index (χ4n) is 6.22. The zero-order chi connectivity index (χ0) is 37.9. The number of fused-ring (bicyclic) bond motifs is 1. The van der Waals surface area contributed by atoms with Crippen molar-refractivity contribution in [1.29, 1.82) is 0 Å². The molecular formula is C44H38N4O7. The first-order valence-corrected chi connectivity index (χ1v) is 17.6. The van der Waals surface area contributed by atoms with E-state index in [0.29, 0.717) is 22.5 Å². The molecule has 0 unspecified atom stereocenters. The Morgan fingerprint density at radius 1 is 0.673 bits per heavy atom. The van der Waals surface area contributed by atoms with Crippen molar-refractivity contribution in [1.82, 2.24) is 20.5 Å². The molecule has 0 radical (unpaired) electrons. The lowest BCUT2D eigenvalue weighted by Gasteiger charge is -2.35. The van der Waals surface area contributed by atoms with E-state index in [1.807, 2.05) is 127 Å². The van der Waals surface area contributed by atoms with Crippen molar-refractivity contribution >= 4 is 23.1 Å². The Balaban J connectivity index is 1.11. The van der Waals surface area contributed by atoms with Gasteiger partial charge in [-0.25, -0.2) is 9.59 Å². The Kier molecular flexibility index (Phi) is 11.3. The Bertz CT molecular complexity index is 2200. The fraction of sp³-hybridized carbons (Fsp3) is 0.136. The number of hydrogen-bond acceptors (Lipinski definition) is 9.